The summed E-state index contributed by atoms with van der Waals surface area (Å²) >= 11 is 0. The van der Waals surface area contributed by atoms with Crippen LogP contribution in [-0.2, 0) is 4.74 Å². The summed E-state index contributed by atoms with van der Waals surface area (Å²) in [5, 5.41) is 2.68. The van der Waals surface area contributed by atoms with E-state index in [1.165, 1.54) is 29.8 Å². The van der Waals surface area contributed by atoms with Gasteiger partial charge >= 0.3 is 6.09 Å². The highest BCUT2D eigenvalue weighted by Crippen LogP contribution is 2.24. The molecule has 1 N–H and O–H groups in total. The van der Waals surface area contributed by atoms with Crippen LogP contribution >= 0.6 is 0 Å². The lowest BCUT2D eigenvalue weighted by molar-refractivity contribution is 0.0915. The number of ether oxygens (including phenoxy) is 1. The van der Waals surface area contributed by atoms with Gasteiger partial charge in [-0.3, -0.25) is 9.69 Å². The Kier molecular flexibility index (Phi) is 5.21. The second-order valence-electron chi connectivity index (χ2n) is 6.58. The second-order valence-corrected chi connectivity index (χ2v) is 6.58. The lowest BCUT2D eigenvalue weighted by Gasteiger charge is -2.14. The van der Waals surface area contributed by atoms with Crippen molar-refractivity contribution in [3.8, 4) is 0 Å². The highest BCUT2D eigenvalue weighted by Gasteiger charge is 2.32. The van der Waals surface area contributed by atoms with Gasteiger partial charge in [-0.15, -0.1) is 0 Å². The number of hydrogen-bond acceptors (Lipinski definition) is 3. The lowest BCUT2D eigenvalue weighted by Crippen LogP contribution is -2.34. The summed E-state index contributed by atoms with van der Waals surface area (Å²) in [6.45, 7) is 4.73. The van der Waals surface area contributed by atoms with Crippen LogP contribution in [-0.4, -0.2) is 31.2 Å². The van der Waals surface area contributed by atoms with Crippen molar-refractivity contribution >= 4 is 17.7 Å². The van der Waals surface area contributed by atoms with Gasteiger partial charge in [0.05, 0.1) is 13.1 Å². The summed E-state index contributed by atoms with van der Waals surface area (Å²) in [5.41, 5.74) is 2.19. The number of rotatable bonds is 5. The van der Waals surface area contributed by atoms with E-state index in [2.05, 4.69) is 19.2 Å². The Bertz CT molecular complexity index is 805. The zero-order chi connectivity index (χ0) is 18.7. The largest absolute Gasteiger partial charge is 0.442 e. The van der Waals surface area contributed by atoms with Gasteiger partial charge in [-0.2, -0.15) is 0 Å². The molecule has 2 aromatic rings. The second kappa shape index (κ2) is 7.56. The van der Waals surface area contributed by atoms with Gasteiger partial charge in [0.25, 0.3) is 5.91 Å². The minimum Gasteiger partial charge on any atom is -0.442 e. The highest BCUT2D eigenvalue weighted by atomic mass is 19.1. The molecule has 1 heterocycles. The first-order chi connectivity index (χ1) is 12.4. The number of hydrogen-bond donors (Lipinski definition) is 1. The molecule has 0 saturated carbocycles. The molecule has 136 valence electrons. The average Bonchev–Trinajstić information content (AvgIpc) is 3.00. The van der Waals surface area contributed by atoms with Crippen LogP contribution in [0, 0.1) is 5.82 Å². The molecule has 2 aromatic carbocycles. The third kappa shape index (κ3) is 4.02. The van der Waals surface area contributed by atoms with Crippen LogP contribution in [0.5, 0.6) is 0 Å². The molecule has 26 heavy (non-hydrogen) atoms. The third-order valence-corrected chi connectivity index (χ3v) is 4.32. The molecule has 0 spiro atoms. The quantitative estimate of drug-likeness (QED) is 0.889. The summed E-state index contributed by atoms with van der Waals surface area (Å²) in [5.74, 6) is -0.457. The van der Waals surface area contributed by atoms with Crippen molar-refractivity contribution in [1.29, 1.82) is 0 Å². The molecule has 1 aliphatic heterocycles. The average molecular weight is 356 g/mol. The fourth-order valence-corrected chi connectivity index (χ4v) is 2.82. The van der Waals surface area contributed by atoms with Gasteiger partial charge in [-0.25, -0.2) is 9.18 Å². The number of anilines is 1. The molecule has 1 atom stereocenters. The predicted octanol–water partition coefficient (Wildman–Crippen LogP) is 3.70. The Morgan fingerprint density at radius 2 is 2.00 bits per heavy atom. The van der Waals surface area contributed by atoms with Crippen molar-refractivity contribution in [2.45, 2.75) is 25.9 Å². The van der Waals surface area contributed by atoms with E-state index in [0.717, 1.165) is 5.69 Å². The molecule has 0 aromatic heterocycles. The fourth-order valence-electron chi connectivity index (χ4n) is 2.82. The number of amides is 2. The van der Waals surface area contributed by atoms with Gasteiger partial charge in [0, 0.05) is 11.3 Å². The SMILES string of the molecule is CC(C)c1ccc(N2CC(CNC(=O)c3cccc(F)c3)OC2=O)cc1. The van der Waals surface area contributed by atoms with E-state index >= 15 is 0 Å². The summed E-state index contributed by atoms with van der Waals surface area (Å²) in [4.78, 5) is 25.7. The number of nitrogens with one attached hydrogen (secondary N) is 1. The van der Waals surface area contributed by atoms with Crippen LogP contribution in [0.2, 0.25) is 0 Å². The molecule has 1 fully saturated rings. The Balaban J connectivity index is 1.58. The Labute approximate surface area is 151 Å². The maximum absolute atomic E-state index is 13.2. The van der Waals surface area contributed by atoms with E-state index in [1.807, 2.05) is 24.3 Å². The smallest absolute Gasteiger partial charge is 0.414 e. The van der Waals surface area contributed by atoms with E-state index in [9.17, 15) is 14.0 Å². The standard InChI is InChI=1S/C20H21FN2O3/c1-13(2)14-6-8-17(9-7-14)23-12-18(26-20(23)25)11-22-19(24)15-4-3-5-16(21)10-15/h3-10,13,18H,11-12H2,1-2H3,(H,22,24). The van der Waals surface area contributed by atoms with Crippen LogP contribution in [0.15, 0.2) is 48.5 Å². The molecule has 1 saturated heterocycles. The molecular weight excluding hydrogens is 335 g/mol. The van der Waals surface area contributed by atoms with Gasteiger partial charge in [-0.05, 0) is 41.8 Å². The summed E-state index contributed by atoms with van der Waals surface area (Å²) in [7, 11) is 0. The zero-order valence-corrected chi connectivity index (χ0v) is 14.7. The van der Waals surface area contributed by atoms with E-state index in [-0.39, 0.29) is 12.1 Å². The van der Waals surface area contributed by atoms with Crippen molar-refractivity contribution < 1.29 is 18.7 Å². The van der Waals surface area contributed by atoms with Gasteiger partial charge in [0.2, 0.25) is 0 Å². The van der Waals surface area contributed by atoms with Gasteiger partial charge in [-0.1, -0.05) is 32.0 Å². The number of carbonyl (C=O) groups excluding carboxylic acids is 2. The molecule has 2 amide bonds. The van der Waals surface area contributed by atoms with Gasteiger partial charge in [0.1, 0.15) is 11.9 Å². The predicted molar refractivity (Wildman–Crippen MR) is 96.9 cm³/mol. The zero-order valence-electron chi connectivity index (χ0n) is 14.7. The maximum Gasteiger partial charge on any atom is 0.414 e. The number of halogens is 1. The minimum absolute atomic E-state index is 0.168. The molecule has 0 aliphatic carbocycles. The first kappa shape index (κ1) is 17.9. The monoisotopic (exact) mass is 356 g/mol. The van der Waals surface area contributed by atoms with E-state index in [1.54, 1.807) is 4.90 Å². The molecule has 1 aliphatic rings. The van der Waals surface area contributed by atoms with Crippen molar-refractivity contribution in [2.75, 3.05) is 18.0 Å². The Morgan fingerprint density at radius 3 is 2.65 bits per heavy atom. The van der Waals surface area contributed by atoms with E-state index < -0.39 is 23.9 Å². The molecule has 3 rings (SSSR count). The fraction of sp³-hybridized carbons (Fsp3) is 0.300. The minimum atomic E-state index is -0.471. The van der Waals surface area contributed by atoms with Crippen LogP contribution in [0.1, 0.15) is 35.7 Å². The van der Waals surface area contributed by atoms with E-state index in [0.29, 0.717) is 12.5 Å². The van der Waals surface area contributed by atoms with Crippen molar-refractivity contribution in [2.24, 2.45) is 0 Å². The lowest BCUT2D eigenvalue weighted by atomic mass is 10.0. The normalized spacial score (nSPS) is 16.7. The van der Waals surface area contributed by atoms with Crippen molar-refractivity contribution in [3.63, 3.8) is 0 Å². The molecule has 1 unspecified atom stereocenters. The van der Waals surface area contributed by atoms with Gasteiger partial charge in [0.15, 0.2) is 0 Å². The first-order valence-electron chi connectivity index (χ1n) is 8.56. The number of cyclic esters (lactones) is 1. The molecule has 0 bridgehead atoms. The van der Waals surface area contributed by atoms with Crippen LogP contribution in [0.4, 0.5) is 14.9 Å². The summed E-state index contributed by atoms with van der Waals surface area (Å²) < 4.78 is 18.5. The summed E-state index contributed by atoms with van der Waals surface area (Å²) in [6.07, 6.45) is -0.892. The van der Waals surface area contributed by atoms with E-state index in [4.69, 9.17) is 4.74 Å². The molecule has 5 nitrogen and oxygen atoms in total. The topological polar surface area (TPSA) is 58.6 Å². The first-order valence-corrected chi connectivity index (χ1v) is 8.56. The van der Waals surface area contributed by atoms with Crippen LogP contribution in [0.25, 0.3) is 0 Å². The highest BCUT2D eigenvalue weighted by molar-refractivity contribution is 5.94. The number of nitrogens with zero attached hydrogens (tertiary/aromatic N) is 1. The Hall–Kier alpha value is -2.89. The molecular formula is C20H21FN2O3. The number of carbonyl (C=O) groups is 2. The van der Waals surface area contributed by atoms with Crippen molar-refractivity contribution in [1.82, 2.24) is 5.32 Å². The Morgan fingerprint density at radius 1 is 1.27 bits per heavy atom. The number of benzene rings is 2. The van der Waals surface area contributed by atoms with Crippen molar-refractivity contribution in [3.05, 3.63) is 65.5 Å². The molecule has 6 heteroatoms. The molecule has 0 radical (unpaired) electrons. The maximum atomic E-state index is 13.2. The third-order valence-electron chi connectivity index (χ3n) is 4.32. The summed E-state index contributed by atoms with van der Waals surface area (Å²) in [6, 6.07) is 13.2. The van der Waals surface area contributed by atoms with Gasteiger partial charge < -0.3 is 10.1 Å². The van der Waals surface area contributed by atoms with Crippen LogP contribution in [0.3, 0.4) is 0 Å². The van der Waals surface area contributed by atoms with Crippen LogP contribution < -0.4 is 10.2 Å².